The number of aromatic nitrogens is 1. The number of aliphatic hydroxyl groups excluding tert-OH is 1. The topological polar surface area (TPSA) is 46.3 Å². The van der Waals surface area contributed by atoms with Crippen molar-refractivity contribution in [2.24, 2.45) is 0 Å². The molecule has 118 valence electrons. The summed E-state index contributed by atoms with van der Waals surface area (Å²) in [5.74, 6) is -3.66. The molecule has 2 aromatic carbocycles. The predicted octanol–water partition coefficient (Wildman–Crippen LogP) is 4.06. The summed E-state index contributed by atoms with van der Waals surface area (Å²) in [7, 11) is 0. The molecular formula is C16H9F4NO2. The van der Waals surface area contributed by atoms with Gasteiger partial charge in [-0.2, -0.15) is 0 Å². The maximum atomic E-state index is 13.9. The molecule has 0 aliphatic carbocycles. The molecule has 7 heteroatoms. The number of nitrogens with zero attached hydrogens (tertiary/aromatic N) is 1. The molecule has 0 amide bonds. The van der Waals surface area contributed by atoms with Crippen LogP contribution in [0.4, 0.5) is 17.6 Å². The highest BCUT2D eigenvalue weighted by molar-refractivity contribution is 5.72. The minimum Gasteiger partial charge on any atom is -0.391 e. The van der Waals surface area contributed by atoms with Crippen molar-refractivity contribution >= 4 is 0 Å². The summed E-state index contributed by atoms with van der Waals surface area (Å²) in [4.78, 5) is 0. The van der Waals surface area contributed by atoms with Crippen molar-refractivity contribution < 1.29 is 27.2 Å². The quantitative estimate of drug-likeness (QED) is 0.740. The smallest absolute Gasteiger partial charge is 0.173 e. The molecule has 3 rings (SSSR count). The molecule has 0 fully saturated rings. The molecule has 0 aliphatic rings. The summed E-state index contributed by atoms with van der Waals surface area (Å²) in [5.41, 5.74) is -0.153. The SMILES string of the molecule is OCc1c(-c2cc(F)ccc2F)noc1-c1ccc(F)c(F)c1. The van der Waals surface area contributed by atoms with Crippen LogP contribution in [-0.2, 0) is 6.61 Å². The van der Waals surface area contributed by atoms with E-state index in [9.17, 15) is 22.7 Å². The average molecular weight is 323 g/mol. The second kappa shape index (κ2) is 5.85. The lowest BCUT2D eigenvalue weighted by Crippen LogP contribution is -1.93. The number of rotatable bonds is 3. The lowest BCUT2D eigenvalue weighted by Gasteiger charge is -2.03. The molecule has 0 bridgehead atoms. The highest BCUT2D eigenvalue weighted by Crippen LogP contribution is 2.34. The van der Waals surface area contributed by atoms with E-state index in [0.717, 1.165) is 30.3 Å². The first-order valence-electron chi connectivity index (χ1n) is 6.51. The Kier molecular flexibility index (Phi) is 3.87. The van der Waals surface area contributed by atoms with Crippen LogP contribution in [0.3, 0.4) is 0 Å². The van der Waals surface area contributed by atoms with Crippen LogP contribution in [-0.4, -0.2) is 10.3 Å². The molecule has 0 saturated carbocycles. The van der Waals surface area contributed by atoms with E-state index in [2.05, 4.69) is 5.16 Å². The Morgan fingerprint density at radius 1 is 0.913 bits per heavy atom. The number of halogens is 4. The highest BCUT2D eigenvalue weighted by atomic mass is 19.2. The minimum atomic E-state index is -1.11. The van der Waals surface area contributed by atoms with Gasteiger partial charge in [-0.3, -0.25) is 0 Å². The zero-order chi connectivity index (χ0) is 16.6. The van der Waals surface area contributed by atoms with Crippen LogP contribution in [0, 0.1) is 23.3 Å². The maximum Gasteiger partial charge on any atom is 0.173 e. The van der Waals surface area contributed by atoms with Crippen LogP contribution in [0.2, 0.25) is 0 Å². The van der Waals surface area contributed by atoms with Gasteiger partial charge in [-0.25, -0.2) is 17.6 Å². The van der Waals surface area contributed by atoms with Gasteiger partial charge in [0.2, 0.25) is 0 Å². The normalized spacial score (nSPS) is 11.0. The minimum absolute atomic E-state index is 0.0421. The van der Waals surface area contributed by atoms with Crippen LogP contribution < -0.4 is 0 Å². The monoisotopic (exact) mass is 323 g/mol. The van der Waals surface area contributed by atoms with E-state index in [4.69, 9.17) is 4.52 Å². The molecule has 1 heterocycles. The Labute approximate surface area is 127 Å². The number of hydrogen-bond donors (Lipinski definition) is 1. The summed E-state index contributed by atoms with van der Waals surface area (Å²) >= 11 is 0. The van der Waals surface area contributed by atoms with E-state index in [1.165, 1.54) is 6.07 Å². The second-order valence-corrected chi connectivity index (χ2v) is 4.75. The third-order valence-electron chi connectivity index (χ3n) is 3.31. The van der Waals surface area contributed by atoms with Crippen molar-refractivity contribution in [1.82, 2.24) is 5.16 Å². The summed E-state index contributed by atoms with van der Waals surface area (Å²) in [6, 6.07) is 5.73. The van der Waals surface area contributed by atoms with E-state index >= 15 is 0 Å². The Balaban J connectivity index is 2.17. The van der Waals surface area contributed by atoms with E-state index < -0.39 is 29.9 Å². The third kappa shape index (κ3) is 2.70. The molecule has 0 unspecified atom stereocenters. The molecule has 1 N–H and O–H groups in total. The zero-order valence-corrected chi connectivity index (χ0v) is 11.5. The van der Waals surface area contributed by atoms with Gasteiger partial charge in [-0.15, -0.1) is 0 Å². The van der Waals surface area contributed by atoms with E-state index in [0.29, 0.717) is 0 Å². The van der Waals surface area contributed by atoms with Crippen LogP contribution in [0.1, 0.15) is 5.56 Å². The van der Waals surface area contributed by atoms with Gasteiger partial charge in [0.1, 0.15) is 17.3 Å². The van der Waals surface area contributed by atoms with Crippen LogP contribution in [0.25, 0.3) is 22.6 Å². The van der Waals surface area contributed by atoms with Crippen LogP contribution >= 0.6 is 0 Å². The third-order valence-corrected chi connectivity index (χ3v) is 3.31. The largest absolute Gasteiger partial charge is 0.391 e. The van der Waals surface area contributed by atoms with Crippen molar-refractivity contribution in [3.05, 3.63) is 65.2 Å². The summed E-state index contributed by atoms with van der Waals surface area (Å²) in [6.07, 6.45) is 0. The lowest BCUT2D eigenvalue weighted by molar-refractivity contribution is 0.281. The van der Waals surface area contributed by atoms with Crippen molar-refractivity contribution in [3.8, 4) is 22.6 Å². The van der Waals surface area contributed by atoms with Gasteiger partial charge in [-0.05, 0) is 36.4 Å². The number of aliphatic hydroxyl groups is 1. The molecule has 1 aromatic heterocycles. The fourth-order valence-corrected chi connectivity index (χ4v) is 2.21. The zero-order valence-electron chi connectivity index (χ0n) is 11.5. The second-order valence-electron chi connectivity index (χ2n) is 4.75. The molecule has 23 heavy (non-hydrogen) atoms. The molecule has 0 aliphatic heterocycles. The van der Waals surface area contributed by atoms with Crippen molar-refractivity contribution in [2.75, 3.05) is 0 Å². The maximum absolute atomic E-state index is 13.9. The Bertz CT molecular complexity index is 877. The van der Waals surface area contributed by atoms with Gasteiger partial charge >= 0.3 is 0 Å². The van der Waals surface area contributed by atoms with Crippen molar-refractivity contribution in [3.63, 3.8) is 0 Å². The number of hydrogen-bond acceptors (Lipinski definition) is 3. The van der Waals surface area contributed by atoms with E-state index in [1.807, 2.05) is 0 Å². The van der Waals surface area contributed by atoms with Crippen LogP contribution in [0.15, 0.2) is 40.9 Å². The number of benzene rings is 2. The summed E-state index contributed by atoms with van der Waals surface area (Å²) < 4.78 is 58.5. The molecule has 0 saturated heterocycles. The Morgan fingerprint density at radius 3 is 2.35 bits per heavy atom. The van der Waals surface area contributed by atoms with Gasteiger partial charge < -0.3 is 9.63 Å². The lowest BCUT2D eigenvalue weighted by atomic mass is 10.0. The summed E-state index contributed by atoms with van der Waals surface area (Å²) in [6.45, 7) is -0.608. The highest BCUT2D eigenvalue weighted by Gasteiger charge is 2.21. The molecule has 0 radical (unpaired) electrons. The predicted molar refractivity (Wildman–Crippen MR) is 73.1 cm³/mol. The Hall–Kier alpha value is -2.67. The average Bonchev–Trinajstić information content (AvgIpc) is 2.96. The fraction of sp³-hybridized carbons (Fsp3) is 0.0625. The summed E-state index contributed by atoms with van der Waals surface area (Å²) in [5, 5.41) is 13.1. The molecule has 3 nitrogen and oxygen atoms in total. The van der Waals surface area contributed by atoms with Gasteiger partial charge in [0.25, 0.3) is 0 Å². The van der Waals surface area contributed by atoms with Gasteiger partial charge in [-0.1, -0.05) is 5.16 Å². The van der Waals surface area contributed by atoms with Crippen molar-refractivity contribution in [1.29, 1.82) is 0 Å². The van der Waals surface area contributed by atoms with E-state index in [1.54, 1.807) is 0 Å². The van der Waals surface area contributed by atoms with Crippen LogP contribution in [0.5, 0.6) is 0 Å². The van der Waals surface area contributed by atoms with Gasteiger partial charge in [0, 0.05) is 11.1 Å². The Morgan fingerprint density at radius 2 is 1.65 bits per heavy atom. The molecule has 3 aromatic rings. The molecular weight excluding hydrogens is 314 g/mol. The first-order chi connectivity index (χ1) is 11.0. The first kappa shape index (κ1) is 15.2. The molecule has 0 atom stereocenters. The van der Waals surface area contributed by atoms with Gasteiger partial charge in [0.15, 0.2) is 17.4 Å². The van der Waals surface area contributed by atoms with E-state index in [-0.39, 0.29) is 28.1 Å². The van der Waals surface area contributed by atoms with Crippen molar-refractivity contribution in [2.45, 2.75) is 6.61 Å². The van der Waals surface area contributed by atoms with Gasteiger partial charge in [0.05, 0.1) is 12.2 Å². The molecule has 0 spiro atoms. The first-order valence-corrected chi connectivity index (χ1v) is 6.51. The fourth-order valence-electron chi connectivity index (χ4n) is 2.21. The standard InChI is InChI=1S/C16H9F4NO2/c17-9-2-4-12(18)10(6-9)15-11(7-22)16(23-21-15)8-1-3-13(19)14(20)5-8/h1-6,22H,7H2.